The molecule has 7 nitrogen and oxygen atoms in total. The van der Waals surface area contributed by atoms with Crippen molar-refractivity contribution in [2.24, 2.45) is 0 Å². The molecule has 0 aliphatic carbocycles. The van der Waals surface area contributed by atoms with Crippen molar-refractivity contribution >= 4 is 28.4 Å². The molecule has 158 valence electrons. The molecule has 0 radical (unpaired) electrons. The predicted octanol–water partition coefficient (Wildman–Crippen LogP) is 2.25. The highest BCUT2D eigenvalue weighted by atomic mass is 16.5. The molecule has 0 spiro atoms. The molecule has 0 atom stereocenters. The summed E-state index contributed by atoms with van der Waals surface area (Å²) in [4.78, 5) is 14.5. The number of anilines is 1. The standard InChI is InChI=1S/C23H28N4O3/c1-29-11-7-26-23(28)21(17-24)15-18-2-3-20-16-22(5-4-19(20)14-18)25-6-8-27-9-12-30-13-10-27/h2-5,14-16,25H,6-13H2,1H3,(H,26,28)/b21-15+. The molecule has 0 bridgehead atoms. The molecule has 2 N–H and O–H groups in total. The van der Waals surface area contributed by atoms with Crippen LogP contribution >= 0.6 is 0 Å². The van der Waals surface area contributed by atoms with Crippen molar-refractivity contribution < 1.29 is 14.3 Å². The van der Waals surface area contributed by atoms with E-state index in [1.165, 1.54) is 0 Å². The maximum Gasteiger partial charge on any atom is 0.262 e. The van der Waals surface area contributed by atoms with E-state index in [1.807, 2.05) is 24.3 Å². The molecule has 2 aromatic rings. The molecular formula is C23H28N4O3. The summed E-state index contributed by atoms with van der Waals surface area (Å²) in [7, 11) is 1.56. The monoisotopic (exact) mass is 408 g/mol. The van der Waals surface area contributed by atoms with Gasteiger partial charge in [-0.2, -0.15) is 5.26 Å². The van der Waals surface area contributed by atoms with Crippen LogP contribution in [0.3, 0.4) is 0 Å². The largest absolute Gasteiger partial charge is 0.384 e. The molecule has 0 aromatic heterocycles. The molecule has 1 fully saturated rings. The Morgan fingerprint density at radius 3 is 2.73 bits per heavy atom. The molecule has 1 saturated heterocycles. The molecular weight excluding hydrogens is 380 g/mol. The van der Waals surface area contributed by atoms with Crippen LogP contribution in [-0.4, -0.2) is 70.5 Å². The summed E-state index contributed by atoms with van der Waals surface area (Å²) < 4.78 is 10.3. The van der Waals surface area contributed by atoms with Crippen LogP contribution < -0.4 is 10.6 Å². The van der Waals surface area contributed by atoms with Gasteiger partial charge in [0.15, 0.2) is 0 Å². The minimum absolute atomic E-state index is 0.0758. The quantitative estimate of drug-likeness (QED) is 0.376. The summed E-state index contributed by atoms with van der Waals surface area (Å²) in [5.41, 5.74) is 1.97. The second-order valence-corrected chi connectivity index (χ2v) is 7.12. The van der Waals surface area contributed by atoms with Gasteiger partial charge in [-0.25, -0.2) is 0 Å². The van der Waals surface area contributed by atoms with Crippen LogP contribution in [0.5, 0.6) is 0 Å². The molecule has 3 rings (SSSR count). The fourth-order valence-electron chi connectivity index (χ4n) is 3.32. The van der Waals surface area contributed by atoms with Crippen LogP contribution in [0.4, 0.5) is 5.69 Å². The SMILES string of the molecule is COCCNC(=O)/C(C#N)=C/c1ccc2cc(NCCN3CCOCC3)ccc2c1. The molecule has 7 heteroatoms. The number of amides is 1. The van der Waals surface area contributed by atoms with Crippen molar-refractivity contribution in [1.82, 2.24) is 10.2 Å². The van der Waals surface area contributed by atoms with Crippen molar-refractivity contribution in [1.29, 1.82) is 5.26 Å². The Kier molecular flexibility index (Phi) is 8.21. The van der Waals surface area contributed by atoms with E-state index in [0.717, 1.165) is 61.4 Å². The van der Waals surface area contributed by atoms with Gasteiger partial charge in [-0.3, -0.25) is 9.69 Å². The van der Waals surface area contributed by atoms with Gasteiger partial charge in [-0.05, 0) is 40.6 Å². The van der Waals surface area contributed by atoms with Crippen molar-refractivity contribution in [2.75, 3.05) is 65.0 Å². The third-order valence-corrected chi connectivity index (χ3v) is 4.99. The van der Waals surface area contributed by atoms with E-state index in [2.05, 4.69) is 33.7 Å². The van der Waals surface area contributed by atoms with Gasteiger partial charge in [-0.15, -0.1) is 0 Å². The molecule has 1 amide bonds. The zero-order valence-electron chi connectivity index (χ0n) is 17.3. The Labute approximate surface area is 177 Å². The molecule has 1 aliphatic heterocycles. The van der Waals surface area contributed by atoms with Gasteiger partial charge in [0.1, 0.15) is 11.6 Å². The highest BCUT2D eigenvalue weighted by Crippen LogP contribution is 2.22. The number of hydrogen-bond acceptors (Lipinski definition) is 6. The number of hydrogen-bond donors (Lipinski definition) is 2. The Balaban J connectivity index is 1.62. The summed E-state index contributed by atoms with van der Waals surface area (Å²) in [5, 5.41) is 17.6. The Hall–Kier alpha value is -2.92. The van der Waals surface area contributed by atoms with Crippen molar-refractivity contribution in [3.63, 3.8) is 0 Å². The molecule has 30 heavy (non-hydrogen) atoms. The zero-order chi connectivity index (χ0) is 21.2. The topological polar surface area (TPSA) is 86.6 Å². The van der Waals surface area contributed by atoms with E-state index < -0.39 is 5.91 Å². The van der Waals surface area contributed by atoms with Crippen LogP contribution in [0, 0.1) is 11.3 Å². The summed E-state index contributed by atoms with van der Waals surface area (Å²) in [5.74, 6) is -0.394. The second-order valence-electron chi connectivity index (χ2n) is 7.12. The average molecular weight is 409 g/mol. The van der Waals surface area contributed by atoms with Gasteiger partial charge in [-0.1, -0.05) is 18.2 Å². The minimum Gasteiger partial charge on any atom is -0.384 e. The van der Waals surface area contributed by atoms with Crippen molar-refractivity contribution in [3.8, 4) is 6.07 Å². The first-order valence-electron chi connectivity index (χ1n) is 10.2. The number of morpholine rings is 1. The average Bonchev–Trinajstić information content (AvgIpc) is 2.78. The van der Waals surface area contributed by atoms with E-state index in [0.29, 0.717) is 13.2 Å². The highest BCUT2D eigenvalue weighted by Gasteiger charge is 2.10. The minimum atomic E-state index is -0.394. The van der Waals surface area contributed by atoms with E-state index in [1.54, 1.807) is 13.2 Å². The van der Waals surface area contributed by atoms with Crippen LogP contribution in [0.2, 0.25) is 0 Å². The van der Waals surface area contributed by atoms with Gasteiger partial charge >= 0.3 is 0 Å². The summed E-state index contributed by atoms with van der Waals surface area (Å²) in [6.07, 6.45) is 1.61. The summed E-state index contributed by atoms with van der Waals surface area (Å²) >= 11 is 0. The number of nitrogens with zero attached hydrogens (tertiary/aromatic N) is 2. The van der Waals surface area contributed by atoms with Crippen LogP contribution in [0.15, 0.2) is 42.0 Å². The molecule has 0 unspecified atom stereocenters. The third kappa shape index (κ3) is 6.29. The van der Waals surface area contributed by atoms with Gasteiger partial charge in [0.05, 0.1) is 19.8 Å². The Morgan fingerprint density at radius 2 is 1.97 bits per heavy atom. The lowest BCUT2D eigenvalue weighted by Crippen LogP contribution is -2.38. The molecule has 1 aliphatic rings. The third-order valence-electron chi connectivity index (χ3n) is 4.99. The first-order chi connectivity index (χ1) is 14.7. The highest BCUT2D eigenvalue weighted by molar-refractivity contribution is 6.02. The van der Waals surface area contributed by atoms with Gasteiger partial charge in [0, 0.05) is 45.5 Å². The van der Waals surface area contributed by atoms with Gasteiger partial charge in [0.25, 0.3) is 5.91 Å². The number of methoxy groups -OCH3 is 1. The van der Waals surface area contributed by atoms with Crippen molar-refractivity contribution in [2.45, 2.75) is 0 Å². The van der Waals surface area contributed by atoms with E-state index in [9.17, 15) is 10.1 Å². The van der Waals surface area contributed by atoms with Gasteiger partial charge < -0.3 is 20.1 Å². The number of nitriles is 1. The first-order valence-corrected chi connectivity index (χ1v) is 10.2. The fourth-order valence-corrected chi connectivity index (χ4v) is 3.32. The smallest absolute Gasteiger partial charge is 0.262 e. The van der Waals surface area contributed by atoms with Crippen molar-refractivity contribution in [3.05, 3.63) is 47.5 Å². The lowest BCUT2D eigenvalue weighted by atomic mass is 10.0. The normalized spacial score (nSPS) is 15.0. The molecule has 2 aromatic carbocycles. The number of ether oxygens (including phenoxy) is 2. The zero-order valence-corrected chi connectivity index (χ0v) is 17.3. The molecule has 1 heterocycles. The predicted molar refractivity (Wildman–Crippen MR) is 118 cm³/mol. The maximum absolute atomic E-state index is 12.1. The summed E-state index contributed by atoms with van der Waals surface area (Å²) in [6.45, 7) is 6.26. The van der Waals surface area contributed by atoms with E-state index in [4.69, 9.17) is 9.47 Å². The van der Waals surface area contributed by atoms with Crippen LogP contribution in [-0.2, 0) is 14.3 Å². The number of benzene rings is 2. The fraction of sp³-hybridized carbons (Fsp3) is 0.391. The summed E-state index contributed by atoms with van der Waals surface area (Å²) in [6, 6.07) is 14.1. The van der Waals surface area contributed by atoms with Crippen LogP contribution in [0.25, 0.3) is 16.8 Å². The number of carbonyl (C=O) groups excluding carboxylic acids is 1. The van der Waals surface area contributed by atoms with E-state index in [-0.39, 0.29) is 5.57 Å². The number of rotatable bonds is 9. The lowest BCUT2D eigenvalue weighted by Gasteiger charge is -2.26. The van der Waals surface area contributed by atoms with Crippen LogP contribution in [0.1, 0.15) is 5.56 Å². The van der Waals surface area contributed by atoms with Gasteiger partial charge in [0.2, 0.25) is 0 Å². The second kappa shape index (κ2) is 11.3. The Morgan fingerprint density at radius 1 is 1.20 bits per heavy atom. The Bertz CT molecular complexity index is 930. The number of fused-ring (bicyclic) bond motifs is 1. The maximum atomic E-state index is 12.1. The molecule has 0 saturated carbocycles. The first kappa shape index (κ1) is 21.8. The number of carbonyl (C=O) groups is 1. The number of nitrogens with one attached hydrogen (secondary N) is 2. The lowest BCUT2D eigenvalue weighted by molar-refractivity contribution is -0.117. The van der Waals surface area contributed by atoms with E-state index >= 15 is 0 Å².